The third-order valence-corrected chi connectivity index (χ3v) is 3.35. The average Bonchev–Trinajstić information content (AvgIpc) is 2.18. The van der Waals surface area contributed by atoms with Crippen LogP contribution >= 0.6 is 23.4 Å². The fourth-order valence-electron chi connectivity index (χ4n) is 1.06. The smallest absolute Gasteiger partial charge is 0.234 e. The summed E-state index contributed by atoms with van der Waals surface area (Å²) in [5.41, 5.74) is 0.161. The van der Waals surface area contributed by atoms with Crippen molar-refractivity contribution in [1.29, 1.82) is 0 Å². The molecule has 0 fully saturated rings. The van der Waals surface area contributed by atoms with Gasteiger partial charge in [-0.2, -0.15) is 0 Å². The first-order valence-electron chi connectivity index (χ1n) is 5.17. The van der Waals surface area contributed by atoms with Crippen LogP contribution in [0.5, 0.6) is 0 Å². The van der Waals surface area contributed by atoms with Crippen LogP contribution in [0.2, 0.25) is 5.02 Å². The number of nitrogens with one attached hydrogen (secondary N) is 1. The van der Waals surface area contributed by atoms with Crippen LogP contribution in [0.4, 0.5) is 10.1 Å². The Morgan fingerprint density at radius 1 is 1.47 bits per heavy atom. The Bertz CT molecular complexity index is 417. The van der Waals surface area contributed by atoms with Gasteiger partial charge in [0.2, 0.25) is 5.91 Å². The van der Waals surface area contributed by atoms with Gasteiger partial charge in [0.15, 0.2) is 0 Å². The second-order valence-corrected chi connectivity index (χ2v) is 6.81. The van der Waals surface area contributed by atoms with Crippen molar-refractivity contribution in [3.63, 3.8) is 0 Å². The Morgan fingerprint density at radius 3 is 2.65 bits per heavy atom. The van der Waals surface area contributed by atoms with E-state index in [9.17, 15) is 9.18 Å². The van der Waals surface area contributed by atoms with Crippen LogP contribution in [0.1, 0.15) is 20.8 Å². The molecule has 0 atom stereocenters. The molecule has 1 N–H and O–H groups in total. The molecule has 0 spiro atoms. The molecule has 1 amide bonds. The van der Waals surface area contributed by atoms with Gasteiger partial charge in [-0.05, 0) is 18.2 Å². The van der Waals surface area contributed by atoms with Gasteiger partial charge in [-0.25, -0.2) is 4.39 Å². The minimum absolute atomic E-state index is 0.00980. The number of halogens is 2. The summed E-state index contributed by atoms with van der Waals surface area (Å²) in [6, 6.07) is 4.17. The van der Waals surface area contributed by atoms with Crippen molar-refractivity contribution in [2.24, 2.45) is 0 Å². The lowest BCUT2D eigenvalue weighted by atomic mass is 10.3. The highest BCUT2D eigenvalue weighted by molar-refractivity contribution is 8.01. The number of anilines is 1. The Balaban J connectivity index is 2.57. The number of benzene rings is 1. The second-order valence-electron chi connectivity index (χ2n) is 4.57. The Morgan fingerprint density at radius 2 is 2.12 bits per heavy atom. The monoisotopic (exact) mass is 275 g/mol. The molecule has 1 aromatic carbocycles. The zero-order chi connectivity index (χ0) is 13.1. The van der Waals surface area contributed by atoms with Crippen LogP contribution in [0, 0.1) is 5.82 Å². The van der Waals surface area contributed by atoms with Gasteiger partial charge in [0, 0.05) is 9.77 Å². The number of hydrogen-bond donors (Lipinski definition) is 1. The number of amides is 1. The predicted octanol–water partition coefficient (Wildman–Crippen LogP) is 3.95. The summed E-state index contributed by atoms with van der Waals surface area (Å²) < 4.78 is 13.4. The Hall–Kier alpha value is -0.740. The fraction of sp³-hybridized carbons (Fsp3) is 0.417. The van der Waals surface area contributed by atoms with E-state index in [2.05, 4.69) is 5.32 Å². The Labute approximate surface area is 110 Å². The van der Waals surface area contributed by atoms with E-state index in [0.29, 0.717) is 10.8 Å². The van der Waals surface area contributed by atoms with E-state index in [1.807, 2.05) is 20.8 Å². The summed E-state index contributed by atoms with van der Waals surface area (Å²) in [6.45, 7) is 6.06. The van der Waals surface area contributed by atoms with Crippen LogP contribution < -0.4 is 5.32 Å². The number of carbonyl (C=O) groups excluding carboxylic acids is 1. The van der Waals surface area contributed by atoms with E-state index < -0.39 is 5.82 Å². The summed E-state index contributed by atoms with van der Waals surface area (Å²) >= 11 is 7.13. The van der Waals surface area contributed by atoms with E-state index in [-0.39, 0.29) is 16.3 Å². The standard InChI is InChI=1S/C12H15ClFNOS/c1-12(2,3)17-7-11(16)15-10-5-4-8(13)6-9(10)14/h4-6H,7H2,1-3H3,(H,15,16). The average molecular weight is 276 g/mol. The number of hydrogen-bond acceptors (Lipinski definition) is 2. The van der Waals surface area contributed by atoms with Gasteiger partial charge in [0.05, 0.1) is 11.4 Å². The van der Waals surface area contributed by atoms with Crippen molar-refractivity contribution in [3.05, 3.63) is 29.0 Å². The quantitative estimate of drug-likeness (QED) is 0.905. The van der Waals surface area contributed by atoms with Gasteiger partial charge in [0.25, 0.3) is 0 Å². The molecule has 0 radical (unpaired) electrons. The van der Waals surface area contributed by atoms with Crippen LogP contribution in [-0.4, -0.2) is 16.4 Å². The molecule has 1 aromatic rings. The zero-order valence-corrected chi connectivity index (χ0v) is 11.6. The normalized spacial score (nSPS) is 11.4. The lowest BCUT2D eigenvalue weighted by Crippen LogP contribution is -2.19. The van der Waals surface area contributed by atoms with E-state index in [4.69, 9.17) is 11.6 Å². The molecule has 0 saturated heterocycles. The van der Waals surface area contributed by atoms with Crippen LogP contribution in [0.25, 0.3) is 0 Å². The number of thioether (sulfide) groups is 1. The molecule has 0 aliphatic rings. The summed E-state index contributed by atoms with van der Waals surface area (Å²) in [5.74, 6) is -0.441. The third-order valence-electron chi connectivity index (χ3n) is 1.84. The maximum Gasteiger partial charge on any atom is 0.234 e. The molecular weight excluding hydrogens is 261 g/mol. The first kappa shape index (κ1) is 14.3. The summed E-state index contributed by atoms with van der Waals surface area (Å²) in [7, 11) is 0. The van der Waals surface area contributed by atoms with Crippen LogP contribution in [0.3, 0.4) is 0 Å². The van der Waals surface area contributed by atoms with Crippen molar-refractivity contribution in [3.8, 4) is 0 Å². The molecule has 1 rings (SSSR count). The second kappa shape index (κ2) is 5.74. The van der Waals surface area contributed by atoms with E-state index in [1.165, 1.54) is 30.0 Å². The molecule has 0 unspecified atom stereocenters. The van der Waals surface area contributed by atoms with Gasteiger partial charge in [0.1, 0.15) is 5.82 Å². The topological polar surface area (TPSA) is 29.1 Å². The van der Waals surface area contributed by atoms with Crippen LogP contribution in [-0.2, 0) is 4.79 Å². The van der Waals surface area contributed by atoms with Crippen molar-refractivity contribution >= 4 is 35.0 Å². The molecule has 17 heavy (non-hydrogen) atoms. The van der Waals surface area contributed by atoms with Crippen molar-refractivity contribution in [2.75, 3.05) is 11.1 Å². The molecule has 0 aromatic heterocycles. The Kier molecular flexibility index (Phi) is 4.83. The van der Waals surface area contributed by atoms with Gasteiger partial charge in [-0.3, -0.25) is 4.79 Å². The maximum atomic E-state index is 13.4. The highest BCUT2D eigenvalue weighted by atomic mass is 35.5. The minimum atomic E-state index is -0.522. The van der Waals surface area contributed by atoms with Gasteiger partial charge < -0.3 is 5.32 Å². The SMILES string of the molecule is CC(C)(C)SCC(=O)Nc1ccc(Cl)cc1F. The molecule has 2 nitrogen and oxygen atoms in total. The molecule has 0 aliphatic heterocycles. The van der Waals surface area contributed by atoms with E-state index in [0.717, 1.165) is 0 Å². The predicted molar refractivity (Wildman–Crippen MR) is 72.3 cm³/mol. The zero-order valence-electron chi connectivity index (χ0n) is 10.0. The molecular formula is C12H15ClFNOS. The van der Waals surface area contributed by atoms with Crippen LogP contribution in [0.15, 0.2) is 18.2 Å². The summed E-state index contributed by atoms with van der Waals surface area (Å²) in [5, 5.41) is 2.83. The first-order valence-corrected chi connectivity index (χ1v) is 6.53. The first-order chi connectivity index (χ1) is 7.78. The lowest BCUT2D eigenvalue weighted by molar-refractivity contribution is -0.113. The highest BCUT2D eigenvalue weighted by Crippen LogP contribution is 2.24. The largest absolute Gasteiger partial charge is 0.323 e. The molecule has 0 saturated carbocycles. The molecule has 5 heteroatoms. The highest BCUT2D eigenvalue weighted by Gasteiger charge is 2.14. The van der Waals surface area contributed by atoms with Crippen molar-refractivity contribution in [2.45, 2.75) is 25.5 Å². The molecule has 0 aliphatic carbocycles. The molecule has 0 bridgehead atoms. The van der Waals surface area contributed by atoms with E-state index >= 15 is 0 Å². The van der Waals surface area contributed by atoms with Crippen molar-refractivity contribution in [1.82, 2.24) is 0 Å². The summed E-state index contributed by atoms with van der Waals surface area (Å²) in [4.78, 5) is 11.6. The minimum Gasteiger partial charge on any atom is -0.323 e. The third kappa shape index (κ3) is 5.41. The van der Waals surface area contributed by atoms with Gasteiger partial charge in [-0.1, -0.05) is 32.4 Å². The summed E-state index contributed by atoms with van der Waals surface area (Å²) in [6.07, 6.45) is 0. The maximum absolute atomic E-state index is 13.4. The molecule has 0 heterocycles. The lowest BCUT2D eigenvalue weighted by Gasteiger charge is -2.17. The molecule has 94 valence electrons. The van der Waals surface area contributed by atoms with Gasteiger partial charge in [-0.15, -0.1) is 11.8 Å². The fourth-order valence-corrected chi connectivity index (χ4v) is 1.85. The van der Waals surface area contributed by atoms with Gasteiger partial charge >= 0.3 is 0 Å². The number of rotatable bonds is 3. The van der Waals surface area contributed by atoms with Crippen molar-refractivity contribution < 1.29 is 9.18 Å². The number of carbonyl (C=O) groups is 1. The van der Waals surface area contributed by atoms with E-state index in [1.54, 1.807) is 0 Å².